The summed E-state index contributed by atoms with van der Waals surface area (Å²) >= 11 is 0. The van der Waals surface area contributed by atoms with E-state index in [2.05, 4.69) is 0 Å². The molecule has 1 N–H and O–H groups in total. The largest absolute Gasteiger partial charge is 0.481 e. The van der Waals surface area contributed by atoms with Crippen molar-refractivity contribution in [2.75, 3.05) is 27.3 Å². The SMILES string of the molecule is CN(C(=O)N(C)C1COCC1C(=O)O)C1CCCC1. The molecular formula is C13H22N2O4. The van der Waals surface area contributed by atoms with Crippen molar-refractivity contribution in [3.8, 4) is 0 Å². The highest BCUT2D eigenvalue weighted by atomic mass is 16.5. The molecule has 6 heteroatoms. The number of aliphatic carboxylic acids is 1. The Morgan fingerprint density at radius 3 is 2.32 bits per heavy atom. The van der Waals surface area contributed by atoms with Gasteiger partial charge >= 0.3 is 12.0 Å². The Balaban J connectivity index is 1.99. The molecule has 1 saturated carbocycles. The second-order valence-electron chi connectivity index (χ2n) is 5.49. The molecule has 1 heterocycles. The molecule has 0 bridgehead atoms. The highest BCUT2D eigenvalue weighted by Crippen LogP contribution is 2.25. The summed E-state index contributed by atoms with van der Waals surface area (Å²) in [5.74, 6) is -1.52. The molecule has 2 aliphatic rings. The summed E-state index contributed by atoms with van der Waals surface area (Å²) in [6, 6.07) is -0.178. The molecule has 1 aliphatic heterocycles. The van der Waals surface area contributed by atoms with Gasteiger partial charge in [-0.2, -0.15) is 0 Å². The Hall–Kier alpha value is -1.30. The molecule has 108 valence electrons. The van der Waals surface area contributed by atoms with Crippen LogP contribution in [0.1, 0.15) is 25.7 Å². The summed E-state index contributed by atoms with van der Waals surface area (Å²) in [7, 11) is 3.48. The first-order valence-corrected chi connectivity index (χ1v) is 6.82. The summed E-state index contributed by atoms with van der Waals surface area (Å²) in [6.45, 7) is 0.489. The molecule has 2 amide bonds. The third-order valence-electron chi connectivity index (χ3n) is 4.34. The maximum Gasteiger partial charge on any atom is 0.320 e. The Kier molecular flexibility index (Phi) is 4.29. The van der Waals surface area contributed by atoms with E-state index in [0.717, 1.165) is 25.7 Å². The van der Waals surface area contributed by atoms with Crippen molar-refractivity contribution < 1.29 is 19.4 Å². The lowest BCUT2D eigenvalue weighted by molar-refractivity contribution is -0.142. The van der Waals surface area contributed by atoms with Crippen LogP contribution in [0, 0.1) is 5.92 Å². The molecule has 2 fully saturated rings. The Labute approximate surface area is 113 Å². The summed E-state index contributed by atoms with van der Waals surface area (Å²) in [5.41, 5.74) is 0. The van der Waals surface area contributed by atoms with Gasteiger partial charge in [-0.3, -0.25) is 4.79 Å². The number of hydrogen-bond acceptors (Lipinski definition) is 3. The average molecular weight is 270 g/mol. The van der Waals surface area contributed by atoms with Crippen molar-refractivity contribution in [3.63, 3.8) is 0 Å². The summed E-state index contributed by atoms with van der Waals surface area (Å²) in [6.07, 6.45) is 4.41. The minimum absolute atomic E-state index is 0.103. The standard InChI is InChI=1S/C13H22N2O4/c1-14(9-5-3-4-6-9)13(18)15(2)11-8-19-7-10(11)12(16)17/h9-11H,3-8H2,1-2H3,(H,16,17). The van der Waals surface area contributed by atoms with Crippen LogP contribution in [-0.4, -0.2) is 66.3 Å². The summed E-state index contributed by atoms with van der Waals surface area (Å²) in [5, 5.41) is 9.13. The van der Waals surface area contributed by atoms with Crippen molar-refractivity contribution in [2.24, 2.45) is 5.92 Å². The van der Waals surface area contributed by atoms with Gasteiger partial charge in [-0.15, -0.1) is 0 Å². The minimum atomic E-state index is -0.898. The smallest absolute Gasteiger partial charge is 0.320 e. The first kappa shape index (κ1) is 14.1. The van der Waals surface area contributed by atoms with Crippen LogP contribution in [0.4, 0.5) is 4.79 Å². The lowest BCUT2D eigenvalue weighted by Gasteiger charge is -2.33. The number of hydrogen-bond donors (Lipinski definition) is 1. The van der Waals surface area contributed by atoms with E-state index in [1.807, 2.05) is 0 Å². The third-order valence-corrected chi connectivity index (χ3v) is 4.34. The molecule has 1 saturated heterocycles. The molecule has 1 aliphatic carbocycles. The normalized spacial score (nSPS) is 27.5. The van der Waals surface area contributed by atoms with E-state index < -0.39 is 11.9 Å². The van der Waals surface area contributed by atoms with E-state index in [1.165, 1.54) is 4.90 Å². The van der Waals surface area contributed by atoms with Crippen LogP contribution >= 0.6 is 0 Å². The van der Waals surface area contributed by atoms with Crippen molar-refractivity contribution in [1.82, 2.24) is 9.80 Å². The second kappa shape index (κ2) is 5.77. The first-order valence-electron chi connectivity index (χ1n) is 6.82. The lowest BCUT2D eigenvalue weighted by Crippen LogP contribution is -2.51. The maximum absolute atomic E-state index is 12.4. The first-order chi connectivity index (χ1) is 9.02. The van der Waals surface area contributed by atoms with E-state index >= 15 is 0 Å². The number of carboxylic acid groups (broad SMARTS) is 1. The zero-order valence-corrected chi connectivity index (χ0v) is 11.5. The zero-order chi connectivity index (χ0) is 14.0. The molecule has 2 atom stereocenters. The van der Waals surface area contributed by atoms with Gasteiger partial charge in [-0.05, 0) is 12.8 Å². The van der Waals surface area contributed by atoms with Crippen LogP contribution in [0.25, 0.3) is 0 Å². The minimum Gasteiger partial charge on any atom is -0.481 e. The molecule has 2 unspecified atom stereocenters. The molecule has 0 spiro atoms. The van der Waals surface area contributed by atoms with Crippen molar-refractivity contribution in [1.29, 1.82) is 0 Å². The van der Waals surface area contributed by atoms with Crippen LogP contribution in [0.15, 0.2) is 0 Å². The lowest BCUT2D eigenvalue weighted by atomic mass is 10.0. The number of amides is 2. The number of rotatable bonds is 3. The monoisotopic (exact) mass is 270 g/mol. The van der Waals surface area contributed by atoms with Gasteiger partial charge in [0, 0.05) is 20.1 Å². The summed E-state index contributed by atoms with van der Waals surface area (Å²) in [4.78, 5) is 26.8. The molecule has 0 aromatic rings. The van der Waals surface area contributed by atoms with Gasteiger partial charge in [0.05, 0.1) is 19.3 Å². The van der Waals surface area contributed by atoms with Gasteiger partial charge in [0.15, 0.2) is 0 Å². The predicted octanol–water partition coefficient (Wildman–Crippen LogP) is 1.01. The Morgan fingerprint density at radius 2 is 1.74 bits per heavy atom. The zero-order valence-electron chi connectivity index (χ0n) is 11.5. The molecule has 0 aromatic carbocycles. The van der Waals surface area contributed by atoms with E-state index in [-0.39, 0.29) is 18.7 Å². The van der Waals surface area contributed by atoms with Gasteiger partial charge in [0.25, 0.3) is 0 Å². The van der Waals surface area contributed by atoms with Crippen molar-refractivity contribution in [2.45, 2.75) is 37.8 Å². The Bertz CT molecular complexity index is 355. The van der Waals surface area contributed by atoms with E-state index in [9.17, 15) is 9.59 Å². The van der Waals surface area contributed by atoms with Gasteiger partial charge in [0.1, 0.15) is 5.92 Å². The van der Waals surface area contributed by atoms with Crippen LogP contribution < -0.4 is 0 Å². The van der Waals surface area contributed by atoms with Gasteiger partial charge in [-0.25, -0.2) is 4.79 Å². The van der Waals surface area contributed by atoms with Crippen molar-refractivity contribution in [3.05, 3.63) is 0 Å². The summed E-state index contributed by atoms with van der Waals surface area (Å²) < 4.78 is 5.21. The average Bonchev–Trinajstić information content (AvgIpc) is 3.06. The highest BCUT2D eigenvalue weighted by Gasteiger charge is 2.40. The number of carboxylic acids is 1. The molecule has 19 heavy (non-hydrogen) atoms. The number of carbonyl (C=O) groups is 2. The third kappa shape index (κ3) is 2.83. The number of likely N-dealkylation sites (N-methyl/N-ethyl adjacent to an activating group) is 1. The molecule has 2 rings (SSSR count). The van der Waals surface area contributed by atoms with Crippen LogP contribution in [0.5, 0.6) is 0 Å². The van der Waals surface area contributed by atoms with Crippen LogP contribution in [0.2, 0.25) is 0 Å². The van der Waals surface area contributed by atoms with E-state index in [1.54, 1.807) is 19.0 Å². The molecule has 0 radical (unpaired) electrons. The number of carbonyl (C=O) groups excluding carboxylic acids is 1. The fourth-order valence-electron chi connectivity index (χ4n) is 3.00. The fraction of sp³-hybridized carbons (Fsp3) is 0.846. The molecule has 6 nitrogen and oxygen atoms in total. The maximum atomic E-state index is 12.4. The quantitative estimate of drug-likeness (QED) is 0.831. The van der Waals surface area contributed by atoms with E-state index in [0.29, 0.717) is 12.6 Å². The number of ether oxygens (including phenoxy) is 1. The number of nitrogens with zero attached hydrogens (tertiary/aromatic N) is 2. The molecular weight excluding hydrogens is 248 g/mol. The van der Waals surface area contributed by atoms with Gasteiger partial charge in [0.2, 0.25) is 0 Å². The van der Waals surface area contributed by atoms with Gasteiger partial charge < -0.3 is 19.6 Å². The predicted molar refractivity (Wildman–Crippen MR) is 68.9 cm³/mol. The highest BCUT2D eigenvalue weighted by molar-refractivity contribution is 5.77. The second-order valence-corrected chi connectivity index (χ2v) is 5.49. The van der Waals surface area contributed by atoms with Gasteiger partial charge in [-0.1, -0.05) is 12.8 Å². The molecule has 0 aromatic heterocycles. The van der Waals surface area contributed by atoms with E-state index in [4.69, 9.17) is 9.84 Å². The fourth-order valence-corrected chi connectivity index (χ4v) is 3.00. The van der Waals surface area contributed by atoms with Crippen LogP contribution in [-0.2, 0) is 9.53 Å². The topological polar surface area (TPSA) is 70.1 Å². The van der Waals surface area contributed by atoms with Crippen LogP contribution in [0.3, 0.4) is 0 Å². The van der Waals surface area contributed by atoms with Crippen molar-refractivity contribution >= 4 is 12.0 Å². The number of urea groups is 1. The Morgan fingerprint density at radius 1 is 1.11 bits per heavy atom.